The van der Waals surface area contributed by atoms with Crippen LogP contribution < -0.4 is 0 Å². The van der Waals surface area contributed by atoms with Crippen molar-refractivity contribution in [1.29, 1.82) is 0 Å². The Morgan fingerprint density at radius 3 is 1.48 bits per heavy atom. The average Bonchev–Trinajstić information content (AvgIpc) is 3.15. The Morgan fingerprint density at radius 2 is 0.964 bits per heavy atom. The zero-order valence-electron chi connectivity index (χ0n) is 36.6. The standard InChI is InChI=1S/C46H84NO8P/c1-6-8-10-12-14-16-18-20-22-23-25-27-29-31-33-35-37-39-46(49)55-44(43-54-56(50,51)53-41-40-47(3,4)5)42-52-45(48)38-36-34-32-30-28-26-24-21-19-17-15-13-11-9-7-2/h14,16-17,19-20,22,25,27,44H,6-13,15,18,21,23-24,26,28-43H2,1-5H3/p+1/b16-14-,19-17-,22-20-,27-25-/t44-/m1/s1. The third kappa shape index (κ3) is 41.6. The molecule has 0 aromatic heterocycles. The summed E-state index contributed by atoms with van der Waals surface area (Å²) < 4.78 is 34.3. The maximum atomic E-state index is 12.7. The van der Waals surface area contributed by atoms with Crippen molar-refractivity contribution in [3.05, 3.63) is 48.6 Å². The summed E-state index contributed by atoms with van der Waals surface area (Å²) in [4.78, 5) is 35.4. The summed E-state index contributed by atoms with van der Waals surface area (Å²) in [5.74, 6) is -0.830. The molecule has 0 saturated carbocycles. The first-order valence-electron chi connectivity index (χ1n) is 22.4. The number of likely N-dealkylation sites (N-methyl/N-ethyl adjacent to an activating group) is 1. The molecule has 0 aromatic rings. The number of carbonyl (C=O) groups is 2. The number of phosphoric ester groups is 1. The Labute approximate surface area is 343 Å². The number of rotatable bonds is 40. The summed E-state index contributed by atoms with van der Waals surface area (Å²) in [7, 11) is 1.45. The molecule has 0 spiro atoms. The van der Waals surface area contributed by atoms with Crippen LogP contribution in [0, 0.1) is 0 Å². The van der Waals surface area contributed by atoms with Gasteiger partial charge in [0.15, 0.2) is 6.10 Å². The molecule has 0 amide bonds. The van der Waals surface area contributed by atoms with E-state index >= 15 is 0 Å². The minimum Gasteiger partial charge on any atom is -0.462 e. The Kier molecular flexibility index (Phi) is 37.1. The lowest BCUT2D eigenvalue weighted by Gasteiger charge is -2.24. The topological polar surface area (TPSA) is 108 Å². The summed E-state index contributed by atoms with van der Waals surface area (Å²) in [6.45, 7) is 4.35. The molecule has 0 aliphatic carbocycles. The predicted octanol–water partition coefficient (Wildman–Crippen LogP) is 12.7. The first-order chi connectivity index (χ1) is 27.0. The van der Waals surface area contributed by atoms with Gasteiger partial charge in [0, 0.05) is 12.8 Å². The van der Waals surface area contributed by atoms with Gasteiger partial charge >= 0.3 is 19.8 Å². The molecular formula is C46H85NO8P+. The Bertz CT molecular complexity index is 1100. The highest BCUT2D eigenvalue weighted by molar-refractivity contribution is 7.47. The molecule has 0 radical (unpaired) electrons. The fourth-order valence-electron chi connectivity index (χ4n) is 5.78. The number of unbranched alkanes of at least 4 members (excludes halogenated alkanes) is 18. The molecular weight excluding hydrogens is 725 g/mol. The Balaban J connectivity index is 4.41. The highest BCUT2D eigenvalue weighted by atomic mass is 31.2. The van der Waals surface area contributed by atoms with Crippen molar-refractivity contribution in [2.24, 2.45) is 0 Å². The van der Waals surface area contributed by atoms with Crippen LogP contribution in [0.4, 0.5) is 0 Å². The number of allylic oxidation sites excluding steroid dienone is 8. The van der Waals surface area contributed by atoms with Gasteiger partial charge < -0.3 is 18.9 Å². The van der Waals surface area contributed by atoms with Crippen LogP contribution in [0.1, 0.15) is 181 Å². The molecule has 0 aromatic carbocycles. The van der Waals surface area contributed by atoms with Gasteiger partial charge in [-0.2, -0.15) is 0 Å². The van der Waals surface area contributed by atoms with Crippen molar-refractivity contribution in [3.8, 4) is 0 Å². The summed E-state index contributed by atoms with van der Waals surface area (Å²) in [5.41, 5.74) is 0. The molecule has 0 fully saturated rings. The predicted molar refractivity (Wildman–Crippen MR) is 233 cm³/mol. The summed E-state index contributed by atoms with van der Waals surface area (Å²) in [6, 6.07) is 0. The van der Waals surface area contributed by atoms with E-state index in [4.69, 9.17) is 18.5 Å². The molecule has 0 bridgehead atoms. The second-order valence-corrected chi connectivity index (χ2v) is 17.5. The number of phosphoric acid groups is 1. The summed E-state index contributed by atoms with van der Waals surface area (Å²) >= 11 is 0. The van der Waals surface area contributed by atoms with Gasteiger partial charge in [0.1, 0.15) is 19.8 Å². The van der Waals surface area contributed by atoms with Crippen molar-refractivity contribution < 1.29 is 42.1 Å². The Morgan fingerprint density at radius 1 is 0.554 bits per heavy atom. The number of ether oxygens (including phenoxy) is 2. The van der Waals surface area contributed by atoms with Crippen LogP contribution in [0.25, 0.3) is 0 Å². The van der Waals surface area contributed by atoms with E-state index in [1.807, 2.05) is 21.1 Å². The van der Waals surface area contributed by atoms with Gasteiger partial charge in [-0.15, -0.1) is 0 Å². The van der Waals surface area contributed by atoms with Gasteiger partial charge in [-0.25, -0.2) is 4.57 Å². The van der Waals surface area contributed by atoms with Gasteiger partial charge in [0.25, 0.3) is 0 Å². The van der Waals surface area contributed by atoms with E-state index in [9.17, 15) is 19.0 Å². The molecule has 10 heteroatoms. The summed E-state index contributed by atoms with van der Waals surface area (Å²) in [5, 5.41) is 0. The van der Waals surface area contributed by atoms with Crippen LogP contribution in [0.2, 0.25) is 0 Å². The zero-order chi connectivity index (χ0) is 41.4. The Hall–Kier alpha value is -2.03. The van der Waals surface area contributed by atoms with Crippen molar-refractivity contribution in [1.82, 2.24) is 0 Å². The maximum absolute atomic E-state index is 12.7. The molecule has 1 N–H and O–H groups in total. The molecule has 56 heavy (non-hydrogen) atoms. The lowest BCUT2D eigenvalue weighted by Crippen LogP contribution is -2.37. The first-order valence-corrected chi connectivity index (χ1v) is 23.9. The highest BCUT2D eigenvalue weighted by Gasteiger charge is 2.27. The van der Waals surface area contributed by atoms with Crippen LogP contribution in [0.3, 0.4) is 0 Å². The molecule has 0 aliphatic rings. The third-order valence-corrected chi connectivity index (χ3v) is 10.3. The number of hydrogen-bond donors (Lipinski definition) is 1. The van der Waals surface area contributed by atoms with E-state index in [0.29, 0.717) is 17.4 Å². The molecule has 2 atom stereocenters. The van der Waals surface area contributed by atoms with Crippen LogP contribution in [0.5, 0.6) is 0 Å². The first kappa shape index (κ1) is 54.0. The van der Waals surface area contributed by atoms with E-state index in [0.717, 1.165) is 70.6 Å². The SMILES string of the molecule is CCCCC/C=C\C/C=C\C/C=C\CCCCCCC(=O)O[C@H](COC(=O)CCCCCCCCC/C=C\CCCCCC)COP(=O)(O)OCC[N+](C)(C)C. The van der Waals surface area contributed by atoms with Crippen LogP contribution in [-0.2, 0) is 32.7 Å². The van der Waals surface area contributed by atoms with Crippen molar-refractivity contribution in [2.75, 3.05) is 47.5 Å². The summed E-state index contributed by atoms with van der Waals surface area (Å²) in [6.07, 6.45) is 44.4. The van der Waals surface area contributed by atoms with Gasteiger partial charge in [0.2, 0.25) is 0 Å². The van der Waals surface area contributed by atoms with Gasteiger partial charge in [-0.1, -0.05) is 140 Å². The molecule has 326 valence electrons. The fraction of sp³-hybridized carbons (Fsp3) is 0.783. The minimum atomic E-state index is -4.38. The van der Waals surface area contributed by atoms with Crippen molar-refractivity contribution in [3.63, 3.8) is 0 Å². The van der Waals surface area contributed by atoms with E-state index in [2.05, 4.69) is 62.5 Å². The van der Waals surface area contributed by atoms with E-state index in [-0.39, 0.29) is 32.0 Å². The van der Waals surface area contributed by atoms with Crippen LogP contribution in [-0.4, -0.2) is 74.9 Å². The number of carbonyl (C=O) groups excluding carboxylic acids is 2. The number of nitrogens with zero attached hydrogens (tertiary/aromatic N) is 1. The van der Waals surface area contributed by atoms with Gasteiger partial charge in [0.05, 0.1) is 27.7 Å². The zero-order valence-corrected chi connectivity index (χ0v) is 37.5. The second kappa shape index (κ2) is 38.5. The molecule has 0 heterocycles. The maximum Gasteiger partial charge on any atom is 0.472 e. The smallest absolute Gasteiger partial charge is 0.462 e. The number of esters is 2. The number of quaternary nitrogens is 1. The lowest BCUT2D eigenvalue weighted by atomic mass is 10.1. The normalized spacial score (nSPS) is 14.0. The van der Waals surface area contributed by atoms with Gasteiger partial charge in [-0.3, -0.25) is 18.6 Å². The molecule has 1 unspecified atom stereocenters. The fourth-order valence-corrected chi connectivity index (χ4v) is 6.52. The van der Waals surface area contributed by atoms with Crippen LogP contribution in [0.15, 0.2) is 48.6 Å². The minimum absolute atomic E-state index is 0.0251. The quantitative estimate of drug-likeness (QED) is 0.0214. The van der Waals surface area contributed by atoms with E-state index < -0.39 is 26.5 Å². The lowest BCUT2D eigenvalue weighted by molar-refractivity contribution is -0.870. The van der Waals surface area contributed by atoms with E-state index in [1.54, 1.807) is 0 Å². The number of hydrogen-bond acceptors (Lipinski definition) is 7. The van der Waals surface area contributed by atoms with E-state index in [1.165, 1.54) is 77.0 Å². The average molecular weight is 811 g/mol. The largest absolute Gasteiger partial charge is 0.472 e. The third-order valence-electron chi connectivity index (χ3n) is 9.33. The molecule has 0 aliphatic heterocycles. The van der Waals surface area contributed by atoms with Crippen molar-refractivity contribution >= 4 is 19.8 Å². The van der Waals surface area contributed by atoms with Crippen molar-refractivity contribution in [2.45, 2.75) is 187 Å². The van der Waals surface area contributed by atoms with Gasteiger partial charge in [-0.05, 0) is 77.0 Å². The van der Waals surface area contributed by atoms with Crippen LogP contribution >= 0.6 is 7.82 Å². The molecule has 0 rings (SSSR count). The molecule has 0 saturated heterocycles. The highest BCUT2D eigenvalue weighted by Crippen LogP contribution is 2.43. The second-order valence-electron chi connectivity index (χ2n) is 16.1. The molecule has 9 nitrogen and oxygen atoms in total. The monoisotopic (exact) mass is 811 g/mol.